The summed E-state index contributed by atoms with van der Waals surface area (Å²) in [6.45, 7) is 0.534. The normalized spacial score (nSPS) is 17.0. The van der Waals surface area contributed by atoms with Gasteiger partial charge in [0.1, 0.15) is 11.7 Å². The van der Waals surface area contributed by atoms with Crippen molar-refractivity contribution in [2.45, 2.75) is 18.9 Å². The lowest BCUT2D eigenvalue weighted by Crippen LogP contribution is -2.43. The van der Waals surface area contributed by atoms with Gasteiger partial charge in [-0.15, -0.1) is 11.3 Å². The van der Waals surface area contributed by atoms with Crippen LogP contribution in [0.3, 0.4) is 0 Å². The number of halogens is 1. The second-order valence-electron chi connectivity index (χ2n) is 6.22. The van der Waals surface area contributed by atoms with E-state index in [1.165, 1.54) is 11.3 Å². The third kappa shape index (κ3) is 2.77. The largest absolute Gasteiger partial charge is 0.338 e. The summed E-state index contributed by atoms with van der Waals surface area (Å²) in [5.41, 5.74) is 1.31. The van der Waals surface area contributed by atoms with Gasteiger partial charge in [-0.2, -0.15) is 0 Å². The Morgan fingerprint density at radius 3 is 2.88 bits per heavy atom. The molecule has 3 heterocycles. The maximum Gasteiger partial charge on any atom is 0.272 e. The van der Waals surface area contributed by atoms with Crippen LogP contribution in [0.15, 0.2) is 35.8 Å². The third-order valence-electron chi connectivity index (χ3n) is 4.73. The lowest BCUT2D eigenvalue weighted by Gasteiger charge is -2.24. The maximum absolute atomic E-state index is 13.2. The van der Waals surface area contributed by atoms with E-state index >= 15 is 0 Å². The number of nitrogens with zero attached hydrogens (tertiary/aromatic N) is 3. The van der Waals surface area contributed by atoms with E-state index in [0.29, 0.717) is 28.8 Å². The highest BCUT2D eigenvalue weighted by atomic mass is 35.5. The zero-order valence-electron chi connectivity index (χ0n) is 14.1. The monoisotopic (exact) mass is 388 g/mol. The molecule has 8 heteroatoms. The van der Waals surface area contributed by atoms with Crippen LogP contribution in [0, 0.1) is 0 Å². The van der Waals surface area contributed by atoms with Crippen LogP contribution in [-0.4, -0.2) is 38.9 Å². The molecule has 1 N–H and O–H groups in total. The number of hydrogen-bond acceptors (Lipinski definition) is 4. The minimum absolute atomic E-state index is 0.208. The van der Waals surface area contributed by atoms with Gasteiger partial charge in [0.2, 0.25) is 5.91 Å². The van der Waals surface area contributed by atoms with E-state index in [1.807, 2.05) is 31.3 Å². The molecule has 1 fully saturated rings. The number of aryl methyl sites for hydroxylation is 1. The molecule has 26 heavy (non-hydrogen) atoms. The van der Waals surface area contributed by atoms with Gasteiger partial charge in [0.25, 0.3) is 5.91 Å². The summed E-state index contributed by atoms with van der Waals surface area (Å²) in [5, 5.41) is 6.39. The highest BCUT2D eigenvalue weighted by Gasteiger charge is 2.37. The van der Waals surface area contributed by atoms with Gasteiger partial charge in [0.05, 0.1) is 5.02 Å². The minimum Gasteiger partial charge on any atom is -0.338 e. The van der Waals surface area contributed by atoms with Crippen LogP contribution < -0.4 is 5.32 Å². The molecule has 2 aromatic heterocycles. The Kier molecular flexibility index (Phi) is 4.42. The number of rotatable bonds is 3. The number of carbonyl (C=O) groups is 2. The first kappa shape index (κ1) is 17.1. The predicted octanol–water partition coefficient (Wildman–Crippen LogP) is 3.53. The van der Waals surface area contributed by atoms with Crippen LogP contribution in [0.2, 0.25) is 5.02 Å². The van der Waals surface area contributed by atoms with E-state index in [-0.39, 0.29) is 11.8 Å². The molecule has 0 saturated carbocycles. The Labute approximate surface area is 159 Å². The number of fused-ring (bicyclic) bond motifs is 1. The first-order valence-electron chi connectivity index (χ1n) is 8.32. The van der Waals surface area contributed by atoms with Crippen molar-refractivity contribution in [3.8, 4) is 0 Å². The van der Waals surface area contributed by atoms with Gasteiger partial charge < -0.3 is 14.8 Å². The number of nitrogens with one attached hydrogen (secondary N) is 1. The van der Waals surface area contributed by atoms with Crippen molar-refractivity contribution < 1.29 is 9.59 Å². The molecule has 1 saturated heterocycles. The lowest BCUT2D eigenvalue weighted by atomic mass is 10.2. The number of likely N-dealkylation sites (tertiary alicyclic amines) is 1. The summed E-state index contributed by atoms with van der Waals surface area (Å²) in [4.78, 5) is 31.5. The molecule has 2 amide bonds. The van der Waals surface area contributed by atoms with E-state index in [0.717, 1.165) is 17.3 Å². The fourth-order valence-corrected chi connectivity index (χ4v) is 4.38. The van der Waals surface area contributed by atoms with Gasteiger partial charge in [0, 0.05) is 36.1 Å². The summed E-state index contributed by atoms with van der Waals surface area (Å²) in [6, 6.07) is 7.11. The highest BCUT2D eigenvalue weighted by molar-refractivity contribution is 7.13. The Hall–Kier alpha value is -2.38. The molecule has 0 bridgehead atoms. The summed E-state index contributed by atoms with van der Waals surface area (Å²) in [5.74, 6) is -0.425. The Bertz CT molecular complexity index is 944. The summed E-state index contributed by atoms with van der Waals surface area (Å²) in [7, 11) is 1.82. The molecule has 0 radical (unpaired) electrons. The quantitative estimate of drug-likeness (QED) is 0.746. The van der Waals surface area contributed by atoms with E-state index in [1.54, 1.807) is 21.0 Å². The molecule has 0 spiro atoms. The van der Waals surface area contributed by atoms with Gasteiger partial charge in [-0.1, -0.05) is 29.8 Å². The topological polar surface area (TPSA) is 67.2 Å². The predicted molar refractivity (Wildman–Crippen MR) is 103 cm³/mol. The standard InChI is InChI=1S/C18H17ClN4O2S/c1-22-12-6-3-2-5-11(12)14(19)15(22)17(25)23-9-4-7-13(23)16(24)21-18-20-8-10-26-18/h2-3,5-6,8,10,13H,4,7,9H2,1H3,(H,20,21,24). The molecule has 1 aromatic carbocycles. The molecule has 1 aliphatic rings. The number of amides is 2. The van der Waals surface area contributed by atoms with Gasteiger partial charge in [0.15, 0.2) is 5.13 Å². The number of para-hydroxylation sites is 1. The molecule has 0 aliphatic carbocycles. The molecular formula is C18H17ClN4O2S. The second-order valence-corrected chi connectivity index (χ2v) is 7.49. The number of anilines is 1. The first-order chi connectivity index (χ1) is 12.6. The van der Waals surface area contributed by atoms with Crippen LogP contribution in [0.4, 0.5) is 5.13 Å². The highest BCUT2D eigenvalue weighted by Crippen LogP contribution is 2.32. The summed E-state index contributed by atoms with van der Waals surface area (Å²) >= 11 is 7.85. The van der Waals surface area contributed by atoms with Gasteiger partial charge in [-0.25, -0.2) is 4.98 Å². The van der Waals surface area contributed by atoms with Crippen molar-refractivity contribution in [1.82, 2.24) is 14.5 Å². The zero-order valence-corrected chi connectivity index (χ0v) is 15.7. The van der Waals surface area contributed by atoms with Gasteiger partial charge in [-0.05, 0) is 18.9 Å². The molecule has 3 aromatic rings. The fourth-order valence-electron chi connectivity index (χ4n) is 3.48. The molecule has 6 nitrogen and oxygen atoms in total. The first-order valence-corrected chi connectivity index (χ1v) is 9.58. The molecular weight excluding hydrogens is 372 g/mol. The Balaban J connectivity index is 1.64. The van der Waals surface area contributed by atoms with Crippen LogP contribution in [0.25, 0.3) is 10.9 Å². The number of thiazole rings is 1. The van der Waals surface area contributed by atoms with Gasteiger partial charge >= 0.3 is 0 Å². The fraction of sp³-hybridized carbons (Fsp3) is 0.278. The number of carbonyl (C=O) groups excluding carboxylic acids is 2. The molecule has 1 atom stereocenters. The molecule has 134 valence electrons. The number of aromatic nitrogens is 2. The van der Waals surface area contributed by atoms with E-state index in [4.69, 9.17) is 11.6 Å². The van der Waals surface area contributed by atoms with Crippen molar-refractivity contribution in [2.24, 2.45) is 7.05 Å². The smallest absolute Gasteiger partial charge is 0.272 e. The molecule has 1 unspecified atom stereocenters. The Morgan fingerprint density at radius 1 is 1.35 bits per heavy atom. The number of hydrogen-bond donors (Lipinski definition) is 1. The average molecular weight is 389 g/mol. The van der Waals surface area contributed by atoms with Gasteiger partial charge in [-0.3, -0.25) is 9.59 Å². The van der Waals surface area contributed by atoms with E-state index in [9.17, 15) is 9.59 Å². The van der Waals surface area contributed by atoms with E-state index in [2.05, 4.69) is 10.3 Å². The van der Waals surface area contributed by atoms with Crippen molar-refractivity contribution in [2.75, 3.05) is 11.9 Å². The average Bonchev–Trinajstić information content (AvgIpc) is 3.36. The minimum atomic E-state index is -0.513. The second kappa shape index (κ2) is 6.74. The maximum atomic E-state index is 13.2. The number of benzene rings is 1. The van der Waals surface area contributed by atoms with Crippen LogP contribution in [-0.2, 0) is 11.8 Å². The van der Waals surface area contributed by atoms with Crippen LogP contribution in [0.1, 0.15) is 23.3 Å². The lowest BCUT2D eigenvalue weighted by molar-refractivity contribution is -0.119. The third-order valence-corrected chi connectivity index (χ3v) is 5.80. The van der Waals surface area contributed by atoms with Crippen molar-refractivity contribution in [3.63, 3.8) is 0 Å². The van der Waals surface area contributed by atoms with Crippen LogP contribution in [0.5, 0.6) is 0 Å². The Morgan fingerprint density at radius 2 is 2.15 bits per heavy atom. The summed E-state index contributed by atoms with van der Waals surface area (Å²) < 4.78 is 1.80. The molecule has 1 aliphatic heterocycles. The SMILES string of the molecule is Cn1c(C(=O)N2CCCC2C(=O)Nc2nccs2)c(Cl)c2ccccc21. The van der Waals surface area contributed by atoms with Crippen molar-refractivity contribution in [3.05, 3.63) is 46.6 Å². The van der Waals surface area contributed by atoms with Crippen molar-refractivity contribution in [1.29, 1.82) is 0 Å². The zero-order chi connectivity index (χ0) is 18.3. The van der Waals surface area contributed by atoms with Crippen LogP contribution >= 0.6 is 22.9 Å². The molecule has 4 rings (SSSR count). The van der Waals surface area contributed by atoms with E-state index < -0.39 is 6.04 Å². The van der Waals surface area contributed by atoms with Crippen molar-refractivity contribution >= 4 is 50.8 Å². The summed E-state index contributed by atoms with van der Waals surface area (Å²) in [6.07, 6.45) is 3.04.